The van der Waals surface area contributed by atoms with Gasteiger partial charge in [-0.1, -0.05) is 91.0 Å². The van der Waals surface area contributed by atoms with Crippen molar-refractivity contribution in [2.45, 2.75) is 61.4 Å². The van der Waals surface area contributed by atoms with Crippen LogP contribution < -0.4 is 14.8 Å². The van der Waals surface area contributed by atoms with E-state index in [0.717, 1.165) is 0 Å². The molecule has 2 aliphatic carbocycles. The number of alkyl halides is 1. The standard InChI is InChI=1S/C39H37F2N5O4S/c1-49-29-23-46-37(50-24-29)34(22-42-46)51(48,44-38(47)43-36-31-19-11-18-30(31)35(41)32-20-28(40)21-33(32)36)45-39(25-12-5-2-6-13-25,26-14-7-3-8-15-26)27-16-9-4-10-17-27/h2-10,12-17,22,28-29H,11,18-21,23-24H2,1H3,(H2,43,44,45,47,48)/t28-,29+,51-/m1/s1. The Morgan fingerprint density at radius 3 is 2.12 bits per heavy atom. The number of carbonyl (C=O) groups is 1. The average molecular weight is 710 g/mol. The summed E-state index contributed by atoms with van der Waals surface area (Å²) >= 11 is 0. The smallest absolute Gasteiger partial charge is 0.331 e. The van der Waals surface area contributed by atoms with Crippen LogP contribution in [0.25, 0.3) is 0 Å². The fourth-order valence-electron chi connectivity index (χ4n) is 7.68. The Balaban J connectivity index is 1.34. The maximum atomic E-state index is 16.0. The number of ether oxygens (including phenoxy) is 2. The number of nitrogens with one attached hydrogen (secondary N) is 2. The maximum Gasteiger partial charge on any atom is 0.331 e. The van der Waals surface area contributed by atoms with Crippen molar-refractivity contribution in [3.8, 4) is 5.88 Å². The number of fused-ring (bicyclic) bond motifs is 3. The summed E-state index contributed by atoms with van der Waals surface area (Å²) in [6.45, 7) is 0.517. The number of amides is 2. The van der Waals surface area contributed by atoms with E-state index in [0.29, 0.717) is 70.4 Å². The summed E-state index contributed by atoms with van der Waals surface area (Å²) < 4.78 is 67.4. The third-order valence-electron chi connectivity index (χ3n) is 10.1. The van der Waals surface area contributed by atoms with E-state index in [1.54, 1.807) is 11.8 Å². The molecule has 1 aliphatic heterocycles. The first-order valence-corrected chi connectivity index (χ1v) is 18.6. The molecule has 2 heterocycles. The summed E-state index contributed by atoms with van der Waals surface area (Å²) in [7, 11) is -2.41. The summed E-state index contributed by atoms with van der Waals surface area (Å²) in [5.74, 6) is -0.178. The highest BCUT2D eigenvalue weighted by molar-refractivity contribution is 7.92. The maximum absolute atomic E-state index is 16.0. The Kier molecular flexibility index (Phi) is 8.59. The molecule has 0 unspecified atom stereocenters. The zero-order chi connectivity index (χ0) is 35.2. The first-order valence-electron chi connectivity index (χ1n) is 17.0. The van der Waals surface area contributed by atoms with E-state index in [-0.39, 0.29) is 42.1 Å². The minimum absolute atomic E-state index is 0.0144. The molecule has 8 rings (SSSR count). The molecule has 262 valence electrons. The van der Waals surface area contributed by atoms with Gasteiger partial charge in [0.1, 0.15) is 35.1 Å². The van der Waals surface area contributed by atoms with Gasteiger partial charge in [-0.3, -0.25) is 0 Å². The van der Waals surface area contributed by atoms with Crippen LogP contribution in [0.15, 0.2) is 106 Å². The van der Waals surface area contributed by atoms with Crippen LogP contribution in [0, 0.1) is 5.82 Å². The number of hydrogen-bond acceptors (Lipinski definition) is 6. The number of hydrogen-bond donors (Lipinski definition) is 2. The fraction of sp³-hybridized carbons (Fsp3) is 0.282. The largest absolute Gasteiger partial charge is 0.474 e. The van der Waals surface area contributed by atoms with E-state index < -0.39 is 27.7 Å². The average Bonchev–Trinajstić information content (AvgIpc) is 3.92. The van der Waals surface area contributed by atoms with Crippen LogP contribution in [0.3, 0.4) is 0 Å². The number of rotatable bonds is 8. The molecule has 0 spiro atoms. The number of urea groups is 1. The predicted octanol–water partition coefficient (Wildman–Crippen LogP) is 6.91. The molecule has 0 bridgehead atoms. The quantitative estimate of drug-likeness (QED) is 0.170. The van der Waals surface area contributed by atoms with Crippen LogP contribution in [0.2, 0.25) is 0 Å². The Hall–Kier alpha value is -5.07. The molecule has 5 aromatic rings. The second-order valence-corrected chi connectivity index (χ2v) is 15.0. The normalized spacial score (nSPS) is 18.9. The second kappa shape index (κ2) is 13.2. The SMILES string of the molecule is CO[C@@H]1COc2c([S@](=O)(=NC(c3ccccc3)(c3ccccc3)c3ccccc3)NC(=O)Nc3c4c(c(F)c5c3C[C@H](F)C5)CCC4)cnn2C1. The van der Waals surface area contributed by atoms with Crippen molar-refractivity contribution in [3.63, 3.8) is 0 Å². The molecule has 1 aromatic heterocycles. The molecule has 0 fully saturated rings. The van der Waals surface area contributed by atoms with Crippen LogP contribution in [0.4, 0.5) is 19.3 Å². The lowest BCUT2D eigenvalue weighted by atomic mass is 9.78. The van der Waals surface area contributed by atoms with Crippen molar-refractivity contribution in [1.29, 1.82) is 0 Å². The molecule has 12 heteroatoms. The van der Waals surface area contributed by atoms with Crippen LogP contribution in [0.1, 0.15) is 45.4 Å². The minimum Gasteiger partial charge on any atom is -0.474 e. The number of anilines is 1. The van der Waals surface area contributed by atoms with Gasteiger partial charge in [0.2, 0.25) is 5.88 Å². The van der Waals surface area contributed by atoms with Gasteiger partial charge in [0.25, 0.3) is 0 Å². The first-order chi connectivity index (χ1) is 24.8. The van der Waals surface area contributed by atoms with E-state index in [4.69, 9.17) is 13.8 Å². The van der Waals surface area contributed by atoms with Gasteiger partial charge in [-0.2, -0.15) is 9.46 Å². The highest BCUT2D eigenvalue weighted by atomic mass is 32.2. The molecule has 2 amide bonds. The third-order valence-corrected chi connectivity index (χ3v) is 11.9. The lowest BCUT2D eigenvalue weighted by Gasteiger charge is -2.33. The van der Waals surface area contributed by atoms with E-state index in [2.05, 4.69) is 15.1 Å². The molecule has 0 saturated carbocycles. The van der Waals surface area contributed by atoms with Crippen molar-refractivity contribution < 1.29 is 27.3 Å². The summed E-state index contributed by atoms with van der Waals surface area (Å²) in [4.78, 5) is 14.4. The molecule has 0 saturated heterocycles. The van der Waals surface area contributed by atoms with Crippen molar-refractivity contribution in [2.75, 3.05) is 19.0 Å². The molecular formula is C39H37F2N5O4S. The topological polar surface area (TPSA) is 107 Å². The van der Waals surface area contributed by atoms with Gasteiger partial charge in [-0.25, -0.2) is 27.2 Å². The summed E-state index contributed by atoms with van der Waals surface area (Å²) in [5.41, 5.74) is 3.03. The van der Waals surface area contributed by atoms with Crippen molar-refractivity contribution >= 4 is 21.6 Å². The monoisotopic (exact) mass is 709 g/mol. The zero-order valence-electron chi connectivity index (χ0n) is 28.0. The highest BCUT2D eigenvalue weighted by Gasteiger charge is 2.41. The van der Waals surface area contributed by atoms with Crippen LogP contribution in [-0.2, 0) is 52.4 Å². The molecule has 3 aliphatic rings. The highest BCUT2D eigenvalue weighted by Crippen LogP contribution is 2.44. The van der Waals surface area contributed by atoms with Crippen molar-refractivity contribution in [3.05, 3.63) is 142 Å². The van der Waals surface area contributed by atoms with Crippen LogP contribution in [0.5, 0.6) is 5.88 Å². The number of benzene rings is 4. The fourth-order valence-corrected chi connectivity index (χ4v) is 9.53. The molecular weight excluding hydrogens is 673 g/mol. The molecule has 2 N–H and O–H groups in total. The van der Waals surface area contributed by atoms with E-state index in [9.17, 15) is 9.18 Å². The molecule has 4 aromatic carbocycles. The Bertz CT molecular complexity index is 2130. The zero-order valence-corrected chi connectivity index (χ0v) is 28.8. The van der Waals surface area contributed by atoms with Gasteiger partial charge < -0.3 is 14.8 Å². The first kappa shape index (κ1) is 33.1. The van der Waals surface area contributed by atoms with Crippen LogP contribution >= 0.6 is 0 Å². The summed E-state index contributed by atoms with van der Waals surface area (Å²) in [5, 5.41) is 7.39. The van der Waals surface area contributed by atoms with Crippen LogP contribution in [-0.4, -0.2) is 46.0 Å². The van der Waals surface area contributed by atoms with Gasteiger partial charge in [0.05, 0.1) is 12.7 Å². The van der Waals surface area contributed by atoms with E-state index >= 15 is 8.60 Å². The van der Waals surface area contributed by atoms with Gasteiger partial charge in [0.15, 0.2) is 9.92 Å². The minimum atomic E-state index is -3.99. The number of aromatic nitrogens is 2. The van der Waals surface area contributed by atoms with Gasteiger partial charge in [0, 0.05) is 25.6 Å². The third kappa shape index (κ3) is 5.76. The lowest BCUT2D eigenvalue weighted by Crippen LogP contribution is -2.39. The molecule has 3 atom stereocenters. The van der Waals surface area contributed by atoms with Gasteiger partial charge in [-0.15, -0.1) is 0 Å². The summed E-state index contributed by atoms with van der Waals surface area (Å²) in [6.07, 6.45) is 1.56. The Labute approximate surface area is 295 Å². The molecule has 51 heavy (non-hydrogen) atoms. The summed E-state index contributed by atoms with van der Waals surface area (Å²) in [6, 6.07) is 27.6. The van der Waals surface area contributed by atoms with E-state index in [1.165, 1.54) is 6.20 Å². The molecule has 0 radical (unpaired) electrons. The van der Waals surface area contributed by atoms with E-state index in [1.807, 2.05) is 91.0 Å². The number of carbonyl (C=O) groups excluding carboxylic acids is 1. The second-order valence-electron chi connectivity index (χ2n) is 13.1. The number of nitrogens with zero attached hydrogens (tertiary/aromatic N) is 3. The number of halogens is 2. The number of methoxy groups -OCH3 is 1. The predicted molar refractivity (Wildman–Crippen MR) is 189 cm³/mol. The van der Waals surface area contributed by atoms with Gasteiger partial charge >= 0.3 is 6.03 Å². The Morgan fingerprint density at radius 2 is 1.51 bits per heavy atom. The van der Waals surface area contributed by atoms with Crippen molar-refractivity contribution in [1.82, 2.24) is 14.5 Å². The molecule has 9 nitrogen and oxygen atoms in total. The lowest BCUT2D eigenvalue weighted by molar-refractivity contribution is 0.0165. The van der Waals surface area contributed by atoms with Crippen molar-refractivity contribution in [2.24, 2.45) is 4.36 Å². The van der Waals surface area contributed by atoms with Gasteiger partial charge in [-0.05, 0) is 58.2 Å². The Morgan fingerprint density at radius 1 is 0.922 bits per heavy atom.